The maximum absolute atomic E-state index is 2.22. The number of benzene rings is 1. The van der Waals surface area contributed by atoms with E-state index in [1.165, 1.54) is 16.7 Å². The Labute approximate surface area is 97.4 Å². The Balaban J connectivity index is 2.16. The third-order valence-electron chi connectivity index (χ3n) is 2.81. The highest BCUT2D eigenvalue weighted by Crippen LogP contribution is 2.08. The zero-order chi connectivity index (χ0) is 11.4. The van der Waals surface area contributed by atoms with Crippen molar-refractivity contribution in [2.45, 2.75) is 26.8 Å². The van der Waals surface area contributed by atoms with Gasteiger partial charge in [-0.25, -0.2) is 4.57 Å². The number of aryl methyl sites for hydroxylation is 2. The average molecular weight is 212 g/mol. The van der Waals surface area contributed by atoms with Crippen LogP contribution in [0.3, 0.4) is 0 Å². The summed E-state index contributed by atoms with van der Waals surface area (Å²) < 4.78 is 2.21. The molecule has 0 saturated heterocycles. The first kappa shape index (κ1) is 10.9. The molecule has 1 nitrogen and oxygen atoms in total. The Bertz CT molecular complexity index is 457. The molecular weight excluding hydrogens is 194 g/mol. The molecule has 1 heteroatoms. The van der Waals surface area contributed by atoms with E-state index in [9.17, 15) is 0 Å². The molecule has 1 heterocycles. The topological polar surface area (TPSA) is 3.88 Å². The second-order valence-corrected chi connectivity index (χ2v) is 4.21. The zero-order valence-corrected chi connectivity index (χ0v) is 9.98. The molecule has 0 unspecified atom stereocenters. The molecule has 0 atom stereocenters. The summed E-state index contributed by atoms with van der Waals surface area (Å²) in [6, 6.07) is 13.1. The van der Waals surface area contributed by atoms with Gasteiger partial charge in [0.05, 0.1) is 0 Å². The fourth-order valence-corrected chi connectivity index (χ4v) is 1.82. The second kappa shape index (κ2) is 4.93. The molecule has 0 amide bonds. The van der Waals surface area contributed by atoms with Gasteiger partial charge in [-0.3, -0.25) is 0 Å². The molecule has 0 saturated carbocycles. The lowest BCUT2D eigenvalue weighted by molar-refractivity contribution is -0.693. The van der Waals surface area contributed by atoms with E-state index in [1.54, 1.807) is 0 Å². The van der Waals surface area contributed by atoms with Crippen LogP contribution in [0.25, 0.3) is 0 Å². The third-order valence-corrected chi connectivity index (χ3v) is 2.81. The van der Waals surface area contributed by atoms with E-state index in [0.29, 0.717) is 0 Å². The molecular formula is C15H18N+. The first-order valence-corrected chi connectivity index (χ1v) is 5.81. The summed E-state index contributed by atoms with van der Waals surface area (Å²) in [5, 5.41) is 0. The molecule has 1 aromatic carbocycles. The van der Waals surface area contributed by atoms with E-state index in [0.717, 1.165) is 13.0 Å². The number of rotatable bonds is 3. The number of hydrogen-bond donors (Lipinski definition) is 0. The standard InChI is InChI=1S/C15H18N/c1-3-16-10-4-5-15(12-16)11-14-8-6-13(2)7-9-14/h4-10,12H,3,11H2,1-2H3/q+1. The number of nitrogens with zero attached hydrogens (tertiary/aromatic N) is 1. The monoisotopic (exact) mass is 212 g/mol. The van der Waals surface area contributed by atoms with Crippen LogP contribution >= 0.6 is 0 Å². The van der Waals surface area contributed by atoms with Crippen molar-refractivity contribution < 1.29 is 4.57 Å². The normalized spacial score (nSPS) is 10.4. The SMILES string of the molecule is CC[n+]1cccc(Cc2ccc(C)cc2)c1. The summed E-state index contributed by atoms with van der Waals surface area (Å²) in [5.41, 5.74) is 4.06. The smallest absolute Gasteiger partial charge is 0.172 e. The molecule has 0 aliphatic heterocycles. The van der Waals surface area contributed by atoms with Crippen molar-refractivity contribution in [1.29, 1.82) is 0 Å². The maximum atomic E-state index is 2.22. The van der Waals surface area contributed by atoms with Crippen LogP contribution in [0, 0.1) is 6.92 Å². The Kier molecular flexibility index (Phi) is 3.35. The number of pyridine rings is 1. The van der Waals surface area contributed by atoms with E-state index in [-0.39, 0.29) is 0 Å². The summed E-state index contributed by atoms with van der Waals surface area (Å²) in [6.45, 7) is 5.31. The molecule has 0 radical (unpaired) electrons. The van der Waals surface area contributed by atoms with Gasteiger partial charge in [0.25, 0.3) is 0 Å². The van der Waals surface area contributed by atoms with Crippen molar-refractivity contribution >= 4 is 0 Å². The molecule has 16 heavy (non-hydrogen) atoms. The summed E-state index contributed by atoms with van der Waals surface area (Å²) >= 11 is 0. The molecule has 0 aliphatic rings. The van der Waals surface area contributed by atoms with Gasteiger partial charge in [-0.05, 0) is 25.5 Å². The van der Waals surface area contributed by atoms with Crippen LogP contribution in [0.15, 0.2) is 48.8 Å². The molecule has 2 rings (SSSR count). The van der Waals surface area contributed by atoms with E-state index in [4.69, 9.17) is 0 Å². The van der Waals surface area contributed by atoms with Crippen molar-refractivity contribution in [2.75, 3.05) is 0 Å². The first-order chi connectivity index (χ1) is 7.78. The van der Waals surface area contributed by atoms with Gasteiger partial charge in [0.2, 0.25) is 0 Å². The van der Waals surface area contributed by atoms with Crippen LogP contribution in [0.1, 0.15) is 23.6 Å². The summed E-state index contributed by atoms with van der Waals surface area (Å²) in [7, 11) is 0. The van der Waals surface area contributed by atoms with E-state index in [2.05, 4.69) is 67.2 Å². The van der Waals surface area contributed by atoms with Crippen LogP contribution in [0.2, 0.25) is 0 Å². The molecule has 0 N–H and O–H groups in total. The van der Waals surface area contributed by atoms with Gasteiger partial charge in [0.15, 0.2) is 12.4 Å². The lowest BCUT2D eigenvalue weighted by Gasteiger charge is -2.01. The molecule has 82 valence electrons. The Morgan fingerprint density at radius 2 is 1.75 bits per heavy atom. The Hall–Kier alpha value is -1.63. The van der Waals surface area contributed by atoms with Gasteiger partial charge >= 0.3 is 0 Å². The van der Waals surface area contributed by atoms with Gasteiger partial charge in [-0.2, -0.15) is 0 Å². The minimum Gasteiger partial charge on any atom is -0.205 e. The highest BCUT2D eigenvalue weighted by Gasteiger charge is 2.01. The van der Waals surface area contributed by atoms with Crippen molar-refractivity contribution in [1.82, 2.24) is 0 Å². The van der Waals surface area contributed by atoms with Crippen LogP contribution < -0.4 is 4.57 Å². The molecule has 1 aromatic heterocycles. The fourth-order valence-electron chi connectivity index (χ4n) is 1.82. The maximum Gasteiger partial charge on any atom is 0.172 e. The predicted molar refractivity (Wildman–Crippen MR) is 66.3 cm³/mol. The fraction of sp³-hybridized carbons (Fsp3) is 0.267. The third kappa shape index (κ3) is 2.69. The van der Waals surface area contributed by atoms with E-state index >= 15 is 0 Å². The Morgan fingerprint density at radius 3 is 2.44 bits per heavy atom. The van der Waals surface area contributed by atoms with E-state index in [1.807, 2.05) is 0 Å². The lowest BCUT2D eigenvalue weighted by Crippen LogP contribution is -2.31. The zero-order valence-electron chi connectivity index (χ0n) is 9.98. The quantitative estimate of drug-likeness (QED) is 0.689. The minimum absolute atomic E-state index is 1.01. The molecule has 0 spiro atoms. The molecule has 0 fully saturated rings. The van der Waals surface area contributed by atoms with Crippen LogP contribution in [-0.4, -0.2) is 0 Å². The highest BCUT2D eigenvalue weighted by molar-refractivity contribution is 5.26. The van der Waals surface area contributed by atoms with Crippen LogP contribution in [-0.2, 0) is 13.0 Å². The summed E-state index contributed by atoms with van der Waals surface area (Å²) in [4.78, 5) is 0. The van der Waals surface area contributed by atoms with Crippen molar-refractivity contribution in [3.05, 3.63) is 65.5 Å². The summed E-state index contributed by atoms with van der Waals surface area (Å²) in [6.07, 6.45) is 5.35. The molecule has 2 aromatic rings. The van der Waals surface area contributed by atoms with Gasteiger partial charge in [-0.15, -0.1) is 0 Å². The lowest BCUT2D eigenvalue weighted by atomic mass is 10.1. The number of hydrogen-bond acceptors (Lipinski definition) is 0. The van der Waals surface area contributed by atoms with Crippen LogP contribution in [0.4, 0.5) is 0 Å². The highest BCUT2D eigenvalue weighted by atomic mass is 14.9. The van der Waals surface area contributed by atoms with Crippen LogP contribution in [0.5, 0.6) is 0 Å². The van der Waals surface area contributed by atoms with Crippen molar-refractivity contribution in [3.8, 4) is 0 Å². The van der Waals surface area contributed by atoms with Gasteiger partial charge in [0.1, 0.15) is 6.54 Å². The van der Waals surface area contributed by atoms with Gasteiger partial charge in [-0.1, -0.05) is 29.8 Å². The number of aromatic nitrogens is 1. The Morgan fingerprint density at radius 1 is 1.00 bits per heavy atom. The summed E-state index contributed by atoms with van der Waals surface area (Å²) in [5.74, 6) is 0. The van der Waals surface area contributed by atoms with Crippen molar-refractivity contribution in [2.24, 2.45) is 0 Å². The van der Waals surface area contributed by atoms with E-state index < -0.39 is 0 Å². The van der Waals surface area contributed by atoms with Gasteiger partial charge in [0, 0.05) is 18.1 Å². The molecule has 0 aliphatic carbocycles. The largest absolute Gasteiger partial charge is 0.205 e. The predicted octanol–water partition coefficient (Wildman–Crippen LogP) is 2.89. The van der Waals surface area contributed by atoms with Crippen molar-refractivity contribution in [3.63, 3.8) is 0 Å². The minimum atomic E-state index is 1.01. The second-order valence-electron chi connectivity index (χ2n) is 4.21. The average Bonchev–Trinajstić information content (AvgIpc) is 2.32. The molecule has 0 bridgehead atoms. The first-order valence-electron chi connectivity index (χ1n) is 5.81. The van der Waals surface area contributed by atoms with Gasteiger partial charge < -0.3 is 0 Å².